The van der Waals surface area contributed by atoms with E-state index in [4.69, 9.17) is 14.3 Å². The van der Waals surface area contributed by atoms with Gasteiger partial charge in [0, 0.05) is 19.3 Å². The third-order valence-electron chi connectivity index (χ3n) is 2.41. The predicted molar refractivity (Wildman–Crippen MR) is 74.5 cm³/mol. The molecule has 1 aromatic heterocycles. The summed E-state index contributed by atoms with van der Waals surface area (Å²) in [5.41, 5.74) is 0.255. The Morgan fingerprint density at radius 2 is 2.00 bits per heavy atom. The Labute approximate surface area is 119 Å². The zero-order chi connectivity index (χ0) is 15.2. The Morgan fingerprint density at radius 1 is 1.30 bits per heavy atom. The summed E-state index contributed by atoms with van der Waals surface area (Å²) in [6.07, 6.45) is 1.46. The van der Waals surface area contributed by atoms with Gasteiger partial charge >= 0.3 is 0 Å². The number of carbonyl (C=O) groups is 1. The molecule has 0 saturated carbocycles. The van der Waals surface area contributed by atoms with Gasteiger partial charge in [-0.25, -0.2) is 10.0 Å². The van der Waals surface area contributed by atoms with Crippen molar-refractivity contribution in [3.05, 3.63) is 23.9 Å². The maximum absolute atomic E-state index is 11.8. The molecule has 0 atom stereocenters. The average Bonchev–Trinajstić information content (AvgIpc) is 2.41. The lowest BCUT2D eigenvalue weighted by molar-refractivity contribution is -0.0757. The van der Waals surface area contributed by atoms with E-state index in [1.807, 2.05) is 20.8 Å². The smallest absolute Gasteiger partial charge is 0.278 e. The number of hydrogen-bond donors (Lipinski definition) is 0. The second-order valence-corrected chi connectivity index (χ2v) is 5.18. The van der Waals surface area contributed by atoms with Crippen LogP contribution in [-0.4, -0.2) is 48.9 Å². The molecular weight excluding hydrogens is 260 g/mol. The summed E-state index contributed by atoms with van der Waals surface area (Å²) >= 11 is 0. The number of ether oxygens (including phenoxy) is 2. The number of rotatable bonds is 6. The molecule has 0 aromatic carbocycles. The fourth-order valence-corrected chi connectivity index (χ4v) is 1.35. The lowest BCUT2D eigenvalue weighted by Crippen LogP contribution is -2.25. The number of hydrogen-bond acceptors (Lipinski definition) is 5. The van der Waals surface area contributed by atoms with Crippen molar-refractivity contribution in [1.29, 1.82) is 0 Å². The molecule has 0 aliphatic carbocycles. The molecule has 1 amide bonds. The van der Waals surface area contributed by atoms with Crippen LogP contribution in [0, 0.1) is 0 Å². The number of carbonyl (C=O) groups excluding carboxylic acids is 1. The number of nitrogens with zero attached hydrogens (tertiary/aromatic N) is 2. The zero-order valence-electron chi connectivity index (χ0n) is 12.7. The van der Waals surface area contributed by atoms with E-state index in [0.29, 0.717) is 24.7 Å². The average molecular weight is 282 g/mol. The third-order valence-corrected chi connectivity index (χ3v) is 2.41. The van der Waals surface area contributed by atoms with Gasteiger partial charge in [0.15, 0.2) is 0 Å². The van der Waals surface area contributed by atoms with E-state index in [1.54, 1.807) is 12.1 Å². The maximum atomic E-state index is 11.8. The summed E-state index contributed by atoms with van der Waals surface area (Å²) in [7, 11) is 2.97. The van der Waals surface area contributed by atoms with Crippen LogP contribution in [0.15, 0.2) is 18.3 Å². The van der Waals surface area contributed by atoms with Crippen LogP contribution in [0.25, 0.3) is 0 Å². The summed E-state index contributed by atoms with van der Waals surface area (Å²) in [5.74, 6) is 0.196. The number of aromatic nitrogens is 1. The van der Waals surface area contributed by atoms with Crippen molar-refractivity contribution in [2.24, 2.45) is 0 Å². The van der Waals surface area contributed by atoms with Crippen LogP contribution in [0.2, 0.25) is 0 Å². The summed E-state index contributed by atoms with van der Waals surface area (Å²) in [4.78, 5) is 20.6. The molecule has 0 aliphatic rings. The molecule has 1 rings (SSSR count). The van der Waals surface area contributed by atoms with Crippen molar-refractivity contribution in [1.82, 2.24) is 10.0 Å². The van der Waals surface area contributed by atoms with Gasteiger partial charge in [-0.15, -0.1) is 0 Å². The predicted octanol–water partition coefficient (Wildman–Crippen LogP) is 1.91. The van der Waals surface area contributed by atoms with Gasteiger partial charge < -0.3 is 9.47 Å². The molecule has 0 spiro atoms. The standard InChI is InChI=1S/C14H22N2O4/c1-14(2,3)20-9-8-19-12-7-6-11(10-15-12)13(17)16(4)18-5/h6-7,10H,8-9H2,1-5H3. The molecule has 1 aromatic rings. The third kappa shape index (κ3) is 5.54. The van der Waals surface area contributed by atoms with Crippen molar-refractivity contribution in [3.63, 3.8) is 0 Å². The molecule has 6 heteroatoms. The van der Waals surface area contributed by atoms with E-state index in [9.17, 15) is 4.79 Å². The fourth-order valence-electron chi connectivity index (χ4n) is 1.35. The Morgan fingerprint density at radius 3 is 2.50 bits per heavy atom. The summed E-state index contributed by atoms with van der Waals surface area (Å²) in [5, 5.41) is 1.13. The molecular formula is C14H22N2O4. The van der Waals surface area contributed by atoms with Crippen molar-refractivity contribution >= 4 is 5.91 Å². The molecule has 1 heterocycles. The monoisotopic (exact) mass is 282 g/mol. The lowest BCUT2D eigenvalue weighted by atomic mass is 10.2. The van der Waals surface area contributed by atoms with E-state index in [2.05, 4.69) is 4.98 Å². The van der Waals surface area contributed by atoms with Gasteiger partial charge in [-0.1, -0.05) is 0 Å². The van der Waals surface area contributed by atoms with Crippen LogP contribution in [-0.2, 0) is 9.57 Å². The van der Waals surface area contributed by atoms with Crippen LogP contribution in [0.1, 0.15) is 31.1 Å². The van der Waals surface area contributed by atoms with Crippen molar-refractivity contribution in [2.75, 3.05) is 27.4 Å². The second-order valence-electron chi connectivity index (χ2n) is 5.18. The molecule has 0 aliphatic heterocycles. The highest BCUT2D eigenvalue weighted by atomic mass is 16.7. The van der Waals surface area contributed by atoms with Crippen LogP contribution in [0.5, 0.6) is 5.88 Å². The Hall–Kier alpha value is -1.66. The Bertz CT molecular complexity index is 426. The van der Waals surface area contributed by atoms with E-state index in [0.717, 1.165) is 5.06 Å². The lowest BCUT2D eigenvalue weighted by Gasteiger charge is -2.19. The van der Waals surface area contributed by atoms with Crippen LogP contribution in [0.4, 0.5) is 0 Å². The van der Waals surface area contributed by atoms with Gasteiger partial charge in [-0.2, -0.15) is 0 Å². The molecule has 112 valence electrons. The Kier molecular flexibility index (Phi) is 5.91. The maximum Gasteiger partial charge on any atom is 0.278 e. The molecule has 20 heavy (non-hydrogen) atoms. The van der Waals surface area contributed by atoms with E-state index in [1.165, 1.54) is 20.4 Å². The summed E-state index contributed by atoms with van der Waals surface area (Å²) < 4.78 is 11.0. The largest absolute Gasteiger partial charge is 0.475 e. The Balaban J connectivity index is 2.45. The molecule has 0 radical (unpaired) electrons. The SMILES string of the molecule is CON(C)C(=O)c1ccc(OCCOC(C)(C)C)nc1. The number of hydroxylamine groups is 2. The second kappa shape index (κ2) is 7.21. The molecule has 6 nitrogen and oxygen atoms in total. The molecule has 0 unspecified atom stereocenters. The first kappa shape index (κ1) is 16.4. The van der Waals surface area contributed by atoms with Crippen LogP contribution >= 0.6 is 0 Å². The van der Waals surface area contributed by atoms with Gasteiger partial charge in [0.2, 0.25) is 5.88 Å². The van der Waals surface area contributed by atoms with E-state index in [-0.39, 0.29) is 11.5 Å². The van der Waals surface area contributed by atoms with Gasteiger partial charge in [0.05, 0.1) is 24.9 Å². The highest BCUT2D eigenvalue weighted by Gasteiger charge is 2.12. The van der Waals surface area contributed by atoms with Crippen molar-refractivity contribution in [3.8, 4) is 5.88 Å². The summed E-state index contributed by atoms with van der Waals surface area (Å²) in [6.45, 7) is 6.85. The van der Waals surface area contributed by atoms with Crippen LogP contribution < -0.4 is 4.74 Å². The number of pyridine rings is 1. The first-order valence-electron chi connectivity index (χ1n) is 6.38. The van der Waals surface area contributed by atoms with Crippen LogP contribution in [0.3, 0.4) is 0 Å². The minimum Gasteiger partial charge on any atom is -0.475 e. The first-order valence-corrected chi connectivity index (χ1v) is 6.38. The van der Waals surface area contributed by atoms with Crippen molar-refractivity contribution < 1.29 is 19.1 Å². The topological polar surface area (TPSA) is 60.9 Å². The van der Waals surface area contributed by atoms with E-state index >= 15 is 0 Å². The minimum absolute atomic E-state index is 0.183. The molecule has 0 saturated heterocycles. The fraction of sp³-hybridized carbons (Fsp3) is 0.571. The van der Waals surface area contributed by atoms with Gasteiger partial charge in [-0.3, -0.25) is 9.63 Å². The number of amides is 1. The molecule has 0 N–H and O–H groups in total. The van der Waals surface area contributed by atoms with Gasteiger partial charge in [-0.05, 0) is 26.8 Å². The quantitative estimate of drug-likeness (QED) is 0.589. The zero-order valence-corrected chi connectivity index (χ0v) is 12.7. The highest BCUT2D eigenvalue weighted by Crippen LogP contribution is 2.10. The van der Waals surface area contributed by atoms with Gasteiger partial charge in [0.1, 0.15) is 6.61 Å². The molecule has 0 fully saturated rings. The molecule has 0 bridgehead atoms. The first-order chi connectivity index (χ1) is 9.33. The highest BCUT2D eigenvalue weighted by molar-refractivity contribution is 5.93. The van der Waals surface area contributed by atoms with Gasteiger partial charge in [0.25, 0.3) is 5.91 Å². The normalized spacial score (nSPS) is 11.2. The van der Waals surface area contributed by atoms with E-state index < -0.39 is 0 Å². The van der Waals surface area contributed by atoms with Crippen molar-refractivity contribution in [2.45, 2.75) is 26.4 Å². The summed E-state index contributed by atoms with van der Waals surface area (Å²) in [6, 6.07) is 3.29. The minimum atomic E-state index is -0.261.